The van der Waals surface area contributed by atoms with E-state index in [0.29, 0.717) is 36.6 Å². The highest BCUT2D eigenvalue weighted by molar-refractivity contribution is 9.09. The molecular weight excluding hydrogens is 710 g/mol. The number of benzene rings is 3. The Kier molecular flexibility index (Phi) is 10.5. The van der Waals surface area contributed by atoms with Gasteiger partial charge in [-0.2, -0.15) is 0 Å². The zero-order valence-electron chi connectivity index (χ0n) is 26.5. The van der Waals surface area contributed by atoms with Crippen LogP contribution < -0.4 is 4.90 Å². The number of aliphatic hydroxyl groups excluding tert-OH is 1. The van der Waals surface area contributed by atoms with Crippen LogP contribution in [0.25, 0.3) is 0 Å². The van der Waals surface area contributed by atoms with Crippen LogP contribution in [-0.2, 0) is 27.3 Å². The number of hydrogen-bond donors (Lipinski definition) is 1. The van der Waals surface area contributed by atoms with Gasteiger partial charge in [0.1, 0.15) is 6.04 Å². The van der Waals surface area contributed by atoms with Crippen LogP contribution in [0, 0.1) is 11.8 Å². The Morgan fingerprint density at radius 1 is 0.979 bits per heavy atom. The Labute approximate surface area is 299 Å². The van der Waals surface area contributed by atoms with Crippen molar-refractivity contribution in [1.29, 1.82) is 0 Å². The number of hydrogen-bond acceptors (Lipinski definition) is 5. The number of rotatable bonds is 13. The summed E-state index contributed by atoms with van der Waals surface area (Å²) in [7, 11) is 0. The minimum Gasteiger partial charge on any atom is -0.394 e. The molecule has 6 rings (SSSR count). The second kappa shape index (κ2) is 14.6. The smallest absolute Gasteiger partial charge is 0.251 e. The summed E-state index contributed by atoms with van der Waals surface area (Å²) in [5, 5.41) is 11.2. The summed E-state index contributed by atoms with van der Waals surface area (Å²) in [4.78, 5) is 49.6. The second-order valence-corrected chi connectivity index (χ2v) is 15.8. The van der Waals surface area contributed by atoms with E-state index >= 15 is 4.79 Å². The molecule has 3 fully saturated rings. The normalized spacial score (nSPS) is 26.2. The van der Waals surface area contributed by atoms with Gasteiger partial charge in [-0.25, -0.2) is 0 Å². The topological polar surface area (TPSA) is 81.2 Å². The number of carbonyl (C=O) groups is 3. The summed E-state index contributed by atoms with van der Waals surface area (Å²) >= 11 is 11.7. The lowest BCUT2D eigenvalue weighted by Crippen LogP contribution is -2.58. The molecule has 3 aliphatic rings. The van der Waals surface area contributed by atoms with Gasteiger partial charge in [0.25, 0.3) is 5.91 Å². The Balaban J connectivity index is 1.44. The molecule has 1 N–H and O–H groups in total. The molecule has 3 heterocycles. The summed E-state index contributed by atoms with van der Waals surface area (Å²) < 4.78 is -0.893. The van der Waals surface area contributed by atoms with Crippen LogP contribution in [0.1, 0.15) is 17.5 Å². The molecule has 7 nitrogen and oxygen atoms in total. The summed E-state index contributed by atoms with van der Waals surface area (Å²) in [6.45, 7) is 8.40. The van der Waals surface area contributed by atoms with Gasteiger partial charge >= 0.3 is 0 Å². The molecule has 3 saturated heterocycles. The Morgan fingerprint density at radius 3 is 2.21 bits per heavy atom. The van der Waals surface area contributed by atoms with E-state index in [9.17, 15) is 14.7 Å². The van der Waals surface area contributed by atoms with Crippen molar-refractivity contribution in [3.63, 3.8) is 0 Å². The predicted molar refractivity (Wildman–Crippen MR) is 196 cm³/mol. The maximum Gasteiger partial charge on any atom is 0.251 e. The largest absolute Gasteiger partial charge is 0.394 e. The number of likely N-dealkylation sites (tertiary alicyclic amines) is 1. The van der Waals surface area contributed by atoms with Crippen molar-refractivity contribution < 1.29 is 19.5 Å². The molecule has 2 bridgehead atoms. The van der Waals surface area contributed by atoms with Gasteiger partial charge in [-0.05, 0) is 48.2 Å². The van der Waals surface area contributed by atoms with Crippen LogP contribution in [-0.4, -0.2) is 79.2 Å². The Hall–Kier alpha value is -3.37. The lowest BCUT2D eigenvalue weighted by molar-refractivity contribution is -0.145. The molecule has 3 aromatic rings. The molecule has 0 aromatic heterocycles. The summed E-state index contributed by atoms with van der Waals surface area (Å²) in [6.07, 6.45) is 4.26. The summed E-state index contributed by atoms with van der Waals surface area (Å²) in [6, 6.07) is 24.8. The fraction of sp³-hybridized carbons (Fsp3) is 0.342. The van der Waals surface area contributed by atoms with Crippen molar-refractivity contribution >= 4 is 62.7 Å². The molecule has 3 amide bonds. The van der Waals surface area contributed by atoms with Crippen molar-refractivity contribution in [2.45, 2.75) is 46.3 Å². The average Bonchev–Trinajstić information content (AvgIpc) is 3.70. The quantitative estimate of drug-likeness (QED) is 0.168. The molecule has 48 heavy (non-hydrogen) atoms. The van der Waals surface area contributed by atoms with Gasteiger partial charge in [-0.1, -0.05) is 100 Å². The molecule has 250 valence electrons. The van der Waals surface area contributed by atoms with Crippen LogP contribution >= 0.6 is 39.3 Å². The van der Waals surface area contributed by atoms with Crippen LogP contribution in [0.5, 0.6) is 0 Å². The lowest BCUT2D eigenvalue weighted by Gasteiger charge is -2.40. The first-order chi connectivity index (χ1) is 23.2. The van der Waals surface area contributed by atoms with Crippen molar-refractivity contribution in [2.75, 3.05) is 24.6 Å². The molecule has 0 radical (unpaired) electrons. The highest BCUT2D eigenvalue weighted by Gasteiger charge is 2.76. The number of fused-ring (bicyclic) bond motifs is 1. The van der Waals surface area contributed by atoms with Crippen molar-refractivity contribution in [1.82, 2.24) is 9.80 Å². The minimum atomic E-state index is -0.929. The molecule has 0 aliphatic carbocycles. The molecule has 0 saturated carbocycles. The number of nitrogens with zero attached hydrogens (tertiary/aromatic N) is 3. The minimum absolute atomic E-state index is 0.0943. The van der Waals surface area contributed by atoms with E-state index in [1.165, 1.54) is 0 Å². The van der Waals surface area contributed by atoms with Crippen LogP contribution in [0.3, 0.4) is 0 Å². The monoisotopic (exact) mass is 747 g/mol. The third-order valence-electron chi connectivity index (χ3n) is 9.76. The maximum absolute atomic E-state index is 15.1. The highest BCUT2D eigenvalue weighted by atomic mass is 79.9. The van der Waals surface area contributed by atoms with Crippen molar-refractivity contribution in [3.8, 4) is 0 Å². The Bertz CT molecular complexity index is 1660. The SMILES string of the molecule is C=CCN(Cc1ccccc1)C(=O)[C@H]1[C@@H]2SC3(CC2Br)C(C(=O)N(CC=C)c2ccc(Cl)cc2)N([C@@H](CO)Cc2ccccc2)C(=O)[C@H]13. The van der Waals surface area contributed by atoms with Gasteiger partial charge in [0.05, 0.1) is 29.2 Å². The van der Waals surface area contributed by atoms with E-state index in [0.717, 1.165) is 11.1 Å². The second-order valence-electron chi connectivity index (χ2n) is 12.6. The van der Waals surface area contributed by atoms with E-state index in [1.807, 2.05) is 60.7 Å². The van der Waals surface area contributed by atoms with Crippen molar-refractivity contribution in [3.05, 3.63) is 126 Å². The van der Waals surface area contributed by atoms with E-state index < -0.39 is 28.7 Å². The third-order valence-corrected chi connectivity index (χ3v) is 13.2. The number of alkyl halides is 1. The first-order valence-electron chi connectivity index (χ1n) is 16.1. The van der Waals surface area contributed by atoms with E-state index in [-0.39, 0.29) is 41.0 Å². The zero-order valence-corrected chi connectivity index (χ0v) is 29.7. The molecule has 1 spiro atoms. The number of carbonyl (C=O) groups excluding carboxylic acids is 3. The number of thioether (sulfide) groups is 1. The maximum atomic E-state index is 15.1. The van der Waals surface area contributed by atoms with Crippen LogP contribution in [0.4, 0.5) is 5.69 Å². The van der Waals surface area contributed by atoms with Gasteiger partial charge in [-0.3, -0.25) is 14.4 Å². The molecule has 3 aliphatic heterocycles. The fourth-order valence-corrected chi connectivity index (χ4v) is 11.5. The zero-order chi connectivity index (χ0) is 34.0. The van der Waals surface area contributed by atoms with E-state index in [1.54, 1.807) is 62.9 Å². The first-order valence-corrected chi connectivity index (χ1v) is 18.3. The number of anilines is 1. The third kappa shape index (κ3) is 6.26. The summed E-state index contributed by atoms with van der Waals surface area (Å²) in [5.41, 5.74) is 2.54. The number of amides is 3. The first kappa shape index (κ1) is 34.5. The standard InChI is InChI=1S/C38H39BrClN3O4S/c1-3-19-41(23-26-13-9-6-10-14-26)35(45)31-32-36(46)43(29(24-44)21-25-11-7-5-8-12-25)34(38(32)22-30(39)33(31)48-38)37(47)42(20-4-2)28-17-15-27(40)16-18-28/h3-18,29-34,44H,1-2,19-24H2/t29-,30?,31-,32+,33-,34?,38?/m1/s1. The van der Waals surface area contributed by atoms with Gasteiger partial charge in [0.2, 0.25) is 11.8 Å². The van der Waals surface area contributed by atoms with Gasteiger partial charge in [0.15, 0.2) is 0 Å². The predicted octanol–water partition coefficient (Wildman–Crippen LogP) is 6.14. The fourth-order valence-electron chi connectivity index (χ4n) is 7.78. The summed E-state index contributed by atoms with van der Waals surface area (Å²) in [5.74, 6) is -2.06. The van der Waals surface area contributed by atoms with E-state index in [2.05, 4.69) is 29.1 Å². The lowest BCUT2D eigenvalue weighted by atomic mass is 9.70. The van der Waals surface area contributed by atoms with Crippen molar-refractivity contribution in [2.24, 2.45) is 11.8 Å². The molecule has 10 heteroatoms. The highest BCUT2D eigenvalue weighted by Crippen LogP contribution is 2.68. The van der Waals surface area contributed by atoms with Gasteiger partial charge in [0, 0.05) is 40.4 Å². The molecule has 3 aromatic carbocycles. The number of aliphatic hydroxyl groups is 1. The van der Waals surface area contributed by atoms with E-state index in [4.69, 9.17) is 11.6 Å². The molecule has 7 atom stereocenters. The average molecular weight is 749 g/mol. The number of halogens is 2. The van der Waals surface area contributed by atoms with Crippen LogP contribution in [0.2, 0.25) is 5.02 Å². The Morgan fingerprint density at radius 2 is 1.60 bits per heavy atom. The molecular formula is C38H39BrClN3O4S. The van der Waals surface area contributed by atoms with Gasteiger partial charge in [-0.15, -0.1) is 24.9 Å². The van der Waals surface area contributed by atoms with Gasteiger partial charge < -0.3 is 19.8 Å². The van der Waals surface area contributed by atoms with Crippen LogP contribution in [0.15, 0.2) is 110 Å². The molecule has 3 unspecified atom stereocenters.